The molecule has 0 N–H and O–H groups in total. The molecule has 0 amide bonds. The molecule has 0 spiro atoms. The second kappa shape index (κ2) is 5.30. The summed E-state index contributed by atoms with van der Waals surface area (Å²) in [6.07, 6.45) is 2.14. The fourth-order valence-corrected chi connectivity index (χ4v) is 3.64. The molecule has 1 saturated heterocycles. The van der Waals surface area contributed by atoms with Gasteiger partial charge in [0, 0.05) is 5.92 Å². The van der Waals surface area contributed by atoms with E-state index in [4.69, 9.17) is 4.74 Å². The standard InChI is InChI=1S/C17H17F5O/c1-7-4-5-8-6-9(7)16(23-17(8,2)3)10-11(18)13(20)15(22)14(21)12(10)19/h4,8-9,16H,5-6H2,1-3H3. The van der Waals surface area contributed by atoms with Crippen molar-refractivity contribution in [1.82, 2.24) is 0 Å². The molecule has 1 aromatic carbocycles. The van der Waals surface area contributed by atoms with Gasteiger partial charge in [-0.1, -0.05) is 11.6 Å². The first kappa shape index (κ1) is 16.4. The van der Waals surface area contributed by atoms with Crippen LogP contribution in [0.2, 0.25) is 0 Å². The van der Waals surface area contributed by atoms with E-state index < -0.39 is 52.3 Å². The summed E-state index contributed by atoms with van der Waals surface area (Å²) in [5.41, 5.74) is -0.725. The van der Waals surface area contributed by atoms with Crippen LogP contribution in [0.15, 0.2) is 11.6 Å². The number of benzene rings is 1. The molecule has 1 aliphatic carbocycles. The van der Waals surface area contributed by atoms with Crippen molar-refractivity contribution in [3.63, 3.8) is 0 Å². The smallest absolute Gasteiger partial charge is 0.200 e. The van der Waals surface area contributed by atoms with Gasteiger partial charge in [0.25, 0.3) is 0 Å². The van der Waals surface area contributed by atoms with E-state index in [1.54, 1.807) is 20.8 Å². The highest BCUT2D eigenvalue weighted by atomic mass is 19.2. The number of ether oxygens (including phenoxy) is 1. The summed E-state index contributed by atoms with van der Waals surface area (Å²) in [4.78, 5) is 0. The SMILES string of the molecule is CC1=CCC2CC1C(c1c(F)c(F)c(F)c(F)c1F)OC2(C)C. The van der Waals surface area contributed by atoms with Gasteiger partial charge in [-0.25, -0.2) is 22.0 Å². The van der Waals surface area contributed by atoms with E-state index in [0.717, 1.165) is 12.0 Å². The van der Waals surface area contributed by atoms with Crippen LogP contribution in [0.1, 0.15) is 45.3 Å². The van der Waals surface area contributed by atoms with Crippen molar-refractivity contribution >= 4 is 0 Å². The van der Waals surface area contributed by atoms with Crippen molar-refractivity contribution in [3.8, 4) is 0 Å². The summed E-state index contributed by atoms with van der Waals surface area (Å²) in [6.45, 7) is 5.35. The molecule has 3 unspecified atom stereocenters. The second-order valence-corrected chi connectivity index (χ2v) is 6.85. The van der Waals surface area contributed by atoms with E-state index in [-0.39, 0.29) is 5.92 Å². The molecule has 3 atom stereocenters. The van der Waals surface area contributed by atoms with Crippen LogP contribution in [0, 0.1) is 40.9 Å². The van der Waals surface area contributed by atoms with Gasteiger partial charge in [0.2, 0.25) is 5.82 Å². The van der Waals surface area contributed by atoms with Gasteiger partial charge in [0.1, 0.15) is 0 Å². The van der Waals surface area contributed by atoms with Crippen LogP contribution in [-0.4, -0.2) is 5.60 Å². The Hall–Kier alpha value is -1.43. The minimum atomic E-state index is -2.15. The highest BCUT2D eigenvalue weighted by Gasteiger charge is 2.48. The molecule has 0 saturated carbocycles. The van der Waals surface area contributed by atoms with Gasteiger partial charge in [0.05, 0.1) is 17.3 Å². The zero-order valence-corrected chi connectivity index (χ0v) is 13.0. The highest BCUT2D eigenvalue weighted by molar-refractivity contribution is 5.30. The first-order chi connectivity index (χ1) is 10.6. The van der Waals surface area contributed by atoms with Crippen molar-refractivity contribution in [2.75, 3.05) is 0 Å². The van der Waals surface area contributed by atoms with Crippen molar-refractivity contribution in [3.05, 3.63) is 46.3 Å². The summed E-state index contributed by atoms with van der Waals surface area (Å²) in [6, 6.07) is 0. The molecule has 23 heavy (non-hydrogen) atoms. The van der Waals surface area contributed by atoms with Gasteiger partial charge in [-0.15, -0.1) is 0 Å². The van der Waals surface area contributed by atoms with E-state index in [2.05, 4.69) is 0 Å². The minimum absolute atomic E-state index is 0.147. The van der Waals surface area contributed by atoms with Crippen molar-refractivity contribution in [1.29, 1.82) is 0 Å². The lowest BCUT2D eigenvalue weighted by Gasteiger charge is -2.49. The van der Waals surface area contributed by atoms with Gasteiger partial charge in [-0.05, 0) is 39.5 Å². The predicted molar refractivity (Wildman–Crippen MR) is 74.1 cm³/mol. The number of halogens is 5. The Bertz CT molecular complexity index is 666. The Labute approximate surface area is 131 Å². The van der Waals surface area contributed by atoms with Crippen LogP contribution in [0.4, 0.5) is 22.0 Å². The Morgan fingerprint density at radius 1 is 0.957 bits per heavy atom. The molecular formula is C17H17F5O. The summed E-state index contributed by atoms with van der Waals surface area (Å²) in [5, 5.41) is 0. The average Bonchev–Trinajstić information content (AvgIpc) is 2.50. The summed E-state index contributed by atoms with van der Waals surface area (Å²) in [7, 11) is 0. The van der Waals surface area contributed by atoms with Gasteiger partial charge < -0.3 is 4.74 Å². The molecule has 3 rings (SSSR count). The average molecular weight is 332 g/mol. The molecular weight excluding hydrogens is 315 g/mol. The molecule has 1 aromatic rings. The maximum atomic E-state index is 14.2. The van der Waals surface area contributed by atoms with Crippen LogP contribution in [-0.2, 0) is 4.74 Å². The van der Waals surface area contributed by atoms with Gasteiger partial charge in [-0.2, -0.15) is 0 Å². The third-order valence-electron chi connectivity index (χ3n) is 5.16. The minimum Gasteiger partial charge on any atom is -0.367 e. The molecule has 1 fully saturated rings. The molecule has 1 heterocycles. The maximum Gasteiger partial charge on any atom is 0.200 e. The van der Waals surface area contributed by atoms with Gasteiger partial charge >= 0.3 is 0 Å². The first-order valence-corrected chi connectivity index (χ1v) is 7.51. The van der Waals surface area contributed by atoms with Crippen molar-refractivity contribution in [2.45, 2.75) is 45.3 Å². The molecule has 0 radical (unpaired) electrons. The fraction of sp³-hybridized carbons (Fsp3) is 0.529. The Morgan fingerprint density at radius 2 is 1.48 bits per heavy atom. The van der Waals surface area contributed by atoms with Crippen LogP contribution >= 0.6 is 0 Å². The quantitative estimate of drug-likeness (QED) is 0.297. The number of hydrogen-bond donors (Lipinski definition) is 0. The number of rotatable bonds is 1. The Morgan fingerprint density at radius 3 is 2.04 bits per heavy atom. The van der Waals surface area contributed by atoms with Crippen LogP contribution in [0.3, 0.4) is 0 Å². The first-order valence-electron chi connectivity index (χ1n) is 7.51. The topological polar surface area (TPSA) is 9.23 Å². The molecule has 126 valence electrons. The Kier molecular flexibility index (Phi) is 3.78. The predicted octanol–water partition coefficient (Wildman–Crippen LogP) is 5.20. The van der Waals surface area contributed by atoms with E-state index in [9.17, 15) is 22.0 Å². The number of allylic oxidation sites excluding steroid dienone is 1. The van der Waals surface area contributed by atoms with Gasteiger partial charge in [0.15, 0.2) is 23.3 Å². The fourth-order valence-electron chi connectivity index (χ4n) is 3.64. The van der Waals surface area contributed by atoms with E-state index in [1.807, 2.05) is 6.08 Å². The van der Waals surface area contributed by atoms with Crippen LogP contribution < -0.4 is 0 Å². The summed E-state index contributed by atoms with van der Waals surface area (Å²) in [5.74, 6) is -9.87. The van der Waals surface area contributed by atoms with Gasteiger partial charge in [-0.3, -0.25) is 0 Å². The molecule has 0 aromatic heterocycles. The molecule has 1 aliphatic heterocycles. The lowest BCUT2D eigenvalue weighted by Crippen LogP contribution is -2.46. The number of hydrogen-bond acceptors (Lipinski definition) is 1. The zero-order valence-electron chi connectivity index (χ0n) is 13.0. The van der Waals surface area contributed by atoms with E-state index >= 15 is 0 Å². The number of fused-ring (bicyclic) bond motifs is 2. The second-order valence-electron chi connectivity index (χ2n) is 6.85. The Balaban J connectivity index is 2.18. The highest BCUT2D eigenvalue weighted by Crippen LogP contribution is 2.52. The van der Waals surface area contributed by atoms with E-state index in [0.29, 0.717) is 6.42 Å². The molecule has 2 bridgehead atoms. The molecule has 2 aliphatic rings. The summed E-state index contributed by atoms with van der Waals surface area (Å²) >= 11 is 0. The normalized spacial score (nSPS) is 29.4. The monoisotopic (exact) mass is 332 g/mol. The lowest BCUT2D eigenvalue weighted by atomic mass is 9.68. The third-order valence-corrected chi connectivity index (χ3v) is 5.16. The van der Waals surface area contributed by atoms with Crippen molar-refractivity contribution < 1.29 is 26.7 Å². The zero-order chi connectivity index (χ0) is 17.1. The summed E-state index contributed by atoms with van der Waals surface area (Å²) < 4.78 is 74.5. The maximum absolute atomic E-state index is 14.2. The molecule has 6 heteroatoms. The van der Waals surface area contributed by atoms with Crippen LogP contribution in [0.5, 0.6) is 0 Å². The molecule has 1 nitrogen and oxygen atoms in total. The third kappa shape index (κ3) is 2.38. The largest absolute Gasteiger partial charge is 0.367 e. The van der Waals surface area contributed by atoms with Crippen molar-refractivity contribution in [2.24, 2.45) is 11.8 Å². The van der Waals surface area contributed by atoms with E-state index in [1.165, 1.54) is 0 Å². The van der Waals surface area contributed by atoms with Crippen LogP contribution in [0.25, 0.3) is 0 Å². The lowest BCUT2D eigenvalue weighted by molar-refractivity contribution is -0.168.